The van der Waals surface area contributed by atoms with Crippen LogP contribution >= 0.6 is 23.5 Å². The molecule has 4 heteroatoms. The van der Waals surface area contributed by atoms with E-state index in [2.05, 4.69) is 12.1 Å². The number of hydrogen-bond acceptors (Lipinski definition) is 4. The summed E-state index contributed by atoms with van der Waals surface area (Å²) < 4.78 is 0. The van der Waals surface area contributed by atoms with Gasteiger partial charge in [-0.25, -0.2) is 0 Å². The second-order valence-electron chi connectivity index (χ2n) is 3.71. The predicted octanol–water partition coefficient (Wildman–Crippen LogP) is 4.83. The van der Waals surface area contributed by atoms with Gasteiger partial charge in [-0.05, 0) is 24.3 Å². The molecule has 0 aromatic heterocycles. The number of hydrogen-bond donors (Lipinski definition) is 0. The molecule has 0 saturated carbocycles. The van der Waals surface area contributed by atoms with Crippen molar-refractivity contribution in [1.29, 1.82) is 10.5 Å². The van der Waals surface area contributed by atoms with Crippen LogP contribution in [0.1, 0.15) is 0 Å². The highest BCUT2D eigenvalue weighted by Gasteiger charge is 2.10. The highest BCUT2D eigenvalue weighted by molar-refractivity contribution is 8.07. The van der Waals surface area contributed by atoms with Crippen molar-refractivity contribution < 1.29 is 0 Å². The Bertz CT molecular complexity index is 618. The molecule has 0 fully saturated rings. The lowest BCUT2D eigenvalue weighted by Crippen LogP contribution is -1.81. The van der Waals surface area contributed by atoms with Gasteiger partial charge >= 0.3 is 0 Å². The van der Waals surface area contributed by atoms with E-state index in [1.165, 1.54) is 23.5 Å². The molecule has 0 amide bonds. The summed E-state index contributed by atoms with van der Waals surface area (Å²) in [6.45, 7) is 0. The highest BCUT2D eigenvalue weighted by Crippen LogP contribution is 2.35. The summed E-state index contributed by atoms with van der Waals surface area (Å²) in [5.41, 5.74) is 0. The van der Waals surface area contributed by atoms with Crippen LogP contribution in [0.5, 0.6) is 0 Å². The van der Waals surface area contributed by atoms with E-state index < -0.39 is 0 Å². The first kappa shape index (κ1) is 14.3. The summed E-state index contributed by atoms with van der Waals surface area (Å²) >= 11 is 2.63. The van der Waals surface area contributed by atoms with Gasteiger partial charge in [-0.2, -0.15) is 10.5 Å². The SMILES string of the molecule is N#C/C(Sc1ccccc1)=C(/C#N)Sc1ccccc1. The first-order chi connectivity index (χ1) is 9.83. The number of rotatable bonds is 4. The van der Waals surface area contributed by atoms with Crippen LogP contribution in [0.15, 0.2) is 80.3 Å². The maximum absolute atomic E-state index is 9.27. The summed E-state index contributed by atoms with van der Waals surface area (Å²) in [6.07, 6.45) is 0. The molecule has 20 heavy (non-hydrogen) atoms. The van der Waals surface area contributed by atoms with E-state index in [0.717, 1.165) is 9.79 Å². The van der Waals surface area contributed by atoms with Crippen LogP contribution in [0, 0.1) is 22.7 Å². The molecule has 0 heterocycles. The topological polar surface area (TPSA) is 47.6 Å². The maximum Gasteiger partial charge on any atom is 0.114 e. The van der Waals surface area contributed by atoms with Crippen molar-refractivity contribution in [3.05, 3.63) is 70.5 Å². The number of thioether (sulfide) groups is 2. The summed E-state index contributed by atoms with van der Waals surface area (Å²) in [6, 6.07) is 23.4. The molecule has 2 aromatic carbocycles. The summed E-state index contributed by atoms with van der Waals surface area (Å²) in [4.78, 5) is 2.75. The van der Waals surface area contributed by atoms with Crippen LogP contribution in [0.3, 0.4) is 0 Å². The second-order valence-corrected chi connectivity index (χ2v) is 5.88. The van der Waals surface area contributed by atoms with Crippen LogP contribution in [0.4, 0.5) is 0 Å². The molecule has 2 nitrogen and oxygen atoms in total. The van der Waals surface area contributed by atoms with E-state index in [1.54, 1.807) is 0 Å². The zero-order valence-electron chi connectivity index (χ0n) is 10.5. The predicted molar refractivity (Wildman–Crippen MR) is 82.9 cm³/mol. The standard InChI is InChI=1S/C16H10N2S2/c17-11-15(19-13-7-3-1-4-8-13)16(12-18)20-14-9-5-2-6-10-14/h1-10H/b16-15+. The van der Waals surface area contributed by atoms with Gasteiger partial charge in [0.25, 0.3) is 0 Å². The molecule has 0 N–H and O–H groups in total. The minimum Gasteiger partial charge on any atom is -0.192 e. The quantitative estimate of drug-likeness (QED) is 0.598. The third-order valence-electron chi connectivity index (χ3n) is 2.34. The van der Waals surface area contributed by atoms with Crippen LogP contribution < -0.4 is 0 Å². The summed E-state index contributed by atoms with van der Waals surface area (Å²) in [5, 5.41) is 18.5. The van der Waals surface area contributed by atoms with Gasteiger partial charge in [0.1, 0.15) is 21.9 Å². The van der Waals surface area contributed by atoms with Gasteiger partial charge in [-0.1, -0.05) is 59.9 Å². The van der Waals surface area contributed by atoms with E-state index in [9.17, 15) is 10.5 Å². The Morgan fingerprint density at radius 1 is 0.650 bits per heavy atom. The van der Waals surface area contributed by atoms with Crippen molar-refractivity contribution in [3.63, 3.8) is 0 Å². The first-order valence-corrected chi connectivity index (χ1v) is 7.47. The van der Waals surface area contributed by atoms with Crippen molar-refractivity contribution in [1.82, 2.24) is 0 Å². The monoisotopic (exact) mass is 294 g/mol. The molecule has 2 aromatic rings. The molecule has 0 aliphatic heterocycles. The van der Waals surface area contributed by atoms with Crippen LogP contribution in [0.2, 0.25) is 0 Å². The molecule has 0 bridgehead atoms. The maximum atomic E-state index is 9.27. The van der Waals surface area contributed by atoms with E-state index >= 15 is 0 Å². The minimum atomic E-state index is 0.424. The Kier molecular flexibility index (Phi) is 5.32. The van der Waals surface area contributed by atoms with Gasteiger partial charge in [0.2, 0.25) is 0 Å². The van der Waals surface area contributed by atoms with Gasteiger partial charge in [0.05, 0.1) is 0 Å². The Balaban J connectivity index is 2.26. The molecule has 0 aliphatic rings. The zero-order chi connectivity index (χ0) is 14.2. The molecule has 0 radical (unpaired) electrons. The lowest BCUT2D eigenvalue weighted by Gasteiger charge is -2.03. The van der Waals surface area contributed by atoms with E-state index in [0.29, 0.717) is 9.81 Å². The lowest BCUT2D eigenvalue weighted by atomic mass is 10.4. The lowest BCUT2D eigenvalue weighted by molar-refractivity contribution is 1.45. The van der Waals surface area contributed by atoms with Gasteiger partial charge in [-0.3, -0.25) is 0 Å². The van der Waals surface area contributed by atoms with Crippen molar-refractivity contribution >= 4 is 23.5 Å². The van der Waals surface area contributed by atoms with E-state index in [1.807, 2.05) is 60.7 Å². The highest BCUT2D eigenvalue weighted by atomic mass is 32.2. The third kappa shape index (κ3) is 3.93. The number of nitriles is 2. The fraction of sp³-hybridized carbons (Fsp3) is 0. The van der Waals surface area contributed by atoms with Crippen LogP contribution in [-0.2, 0) is 0 Å². The molecule has 0 unspecified atom stereocenters. The van der Waals surface area contributed by atoms with Gasteiger partial charge in [0, 0.05) is 9.79 Å². The van der Waals surface area contributed by atoms with Crippen LogP contribution in [0.25, 0.3) is 0 Å². The normalized spacial score (nSPS) is 11.1. The van der Waals surface area contributed by atoms with Crippen molar-refractivity contribution in [3.8, 4) is 12.1 Å². The second kappa shape index (κ2) is 7.45. The number of benzene rings is 2. The smallest absolute Gasteiger partial charge is 0.114 e. The Hall–Kier alpha value is -2.14. The minimum absolute atomic E-state index is 0.424. The van der Waals surface area contributed by atoms with Gasteiger partial charge < -0.3 is 0 Å². The van der Waals surface area contributed by atoms with Crippen molar-refractivity contribution in [2.75, 3.05) is 0 Å². The molecule has 0 saturated heterocycles. The molecule has 0 atom stereocenters. The molecular weight excluding hydrogens is 284 g/mol. The molecule has 2 rings (SSSR count). The molecule has 0 spiro atoms. The fourth-order valence-corrected chi connectivity index (χ4v) is 3.13. The van der Waals surface area contributed by atoms with Gasteiger partial charge in [-0.15, -0.1) is 0 Å². The average Bonchev–Trinajstić information content (AvgIpc) is 2.52. The van der Waals surface area contributed by atoms with Crippen molar-refractivity contribution in [2.24, 2.45) is 0 Å². The van der Waals surface area contributed by atoms with E-state index in [4.69, 9.17) is 0 Å². The Morgan fingerprint density at radius 3 is 1.30 bits per heavy atom. The molecule has 96 valence electrons. The Labute approximate surface area is 126 Å². The van der Waals surface area contributed by atoms with E-state index in [-0.39, 0.29) is 0 Å². The van der Waals surface area contributed by atoms with Gasteiger partial charge in [0.15, 0.2) is 0 Å². The summed E-state index contributed by atoms with van der Waals surface area (Å²) in [7, 11) is 0. The fourth-order valence-electron chi connectivity index (χ4n) is 1.45. The van der Waals surface area contributed by atoms with Crippen LogP contribution in [-0.4, -0.2) is 0 Å². The molecular formula is C16H10N2S2. The number of allylic oxidation sites excluding steroid dienone is 2. The first-order valence-electron chi connectivity index (χ1n) is 5.84. The molecule has 0 aliphatic carbocycles. The average molecular weight is 294 g/mol. The largest absolute Gasteiger partial charge is 0.192 e. The van der Waals surface area contributed by atoms with Crippen molar-refractivity contribution in [2.45, 2.75) is 9.79 Å². The number of nitrogens with zero attached hydrogens (tertiary/aromatic N) is 2. The third-order valence-corrected chi connectivity index (χ3v) is 4.48. The Morgan fingerprint density at radius 2 is 1.00 bits per heavy atom. The zero-order valence-corrected chi connectivity index (χ0v) is 12.1. The summed E-state index contributed by atoms with van der Waals surface area (Å²) in [5.74, 6) is 0.